The van der Waals surface area contributed by atoms with E-state index in [4.69, 9.17) is 50.8 Å². The van der Waals surface area contributed by atoms with Gasteiger partial charge in [-0.3, -0.25) is 42.3 Å². The number of aromatic nitrogens is 8. The van der Waals surface area contributed by atoms with E-state index >= 15 is 8.78 Å². The summed E-state index contributed by atoms with van der Waals surface area (Å²) in [5.41, 5.74) is 9.28. The highest BCUT2D eigenvalue weighted by atomic mass is 32.7. The zero-order valence-corrected chi connectivity index (χ0v) is 26.2. The molecular formula is C20H22F2N10O10P2S2. The molecule has 7 N–H and O–H groups in total. The zero-order valence-electron chi connectivity index (χ0n) is 22.7. The van der Waals surface area contributed by atoms with Crippen molar-refractivity contribution in [3.63, 3.8) is 0 Å². The van der Waals surface area contributed by atoms with Crippen molar-refractivity contribution in [2.75, 3.05) is 24.7 Å². The molecule has 4 aromatic rings. The summed E-state index contributed by atoms with van der Waals surface area (Å²) >= 11 is 9.07. The van der Waals surface area contributed by atoms with Crippen molar-refractivity contribution in [2.45, 2.75) is 49.2 Å². The van der Waals surface area contributed by atoms with Crippen molar-refractivity contribution in [1.82, 2.24) is 39.0 Å². The molecular weight excluding hydrogens is 704 g/mol. The summed E-state index contributed by atoms with van der Waals surface area (Å²) < 4.78 is 80.8. The first kappa shape index (κ1) is 31.7. The third kappa shape index (κ3) is 5.56. The minimum absolute atomic E-state index is 0.128. The van der Waals surface area contributed by atoms with Crippen molar-refractivity contribution in [3.05, 3.63) is 33.4 Å². The fourth-order valence-corrected chi connectivity index (χ4v) is 8.24. The summed E-state index contributed by atoms with van der Waals surface area (Å²) in [6, 6.07) is 0. The molecule has 46 heavy (non-hydrogen) atoms. The topological polar surface area (TPSA) is 272 Å². The summed E-state index contributed by atoms with van der Waals surface area (Å²) in [5.74, 6) is -0.552. The number of aromatic amines is 2. The van der Waals surface area contributed by atoms with Crippen molar-refractivity contribution < 1.29 is 45.8 Å². The number of hydrogen-bond donors (Lipinski definition) is 6. The number of nitrogens with two attached hydrogens (primary N) is 2. The van der Waals surface area contributed by atoms with Crippen LogP contribution in [0.1, 0.15) is 12.5 Å². The summed E-state index contributed by atoms with van der Waals surface area (Å²) in [6.45, 7) is -10.2. The number of alkyl halides is 2. The van der Waals surface area contributed by atoms with Crippen molar-refractivity contribution in [3.8, 4) is 0 Å². The Hall–Kier alpha value is -2.89. The number of fused-ring (bicyclic) bond motifs is 4. The van der Waals surface area contributed by atoms with Crippen LogP contribution in [0.15, 0.2) is 22.2 Å². The molecule has 0 radical (unpaired) electrons. The van der Waals surface area contributed by atoms with Crippen LogP contribution in [0, 0.1) is 0 Å². The lowest BCUT2D eigenvalue weighted by molar-refractivity contribution is -0.0564. The first-order valence-corrected chi connectivity index (χ1v) is 18.3. The van der Waals surface area contributed by atoms with Crippen molar-refractivity contribution in [2.24, 2.45) is 0 Å². The molecule has 0 spiro atoms. The predicted octanol–water partition coefficient (Wildman–Crippen LogP) is -0.0399. The van der Waals surface area contributed by atoms with Gasteiger partial charge in [-0.25, -0.2) is 23.3 Å². The molecule has 26 heteroatoms. The van der Waals surface area contributed by atoms with Crippen molar-refractivity contribution in [1.29, 1.82) is 0 Å². The Balaban J connectivity index is 1.18. The van der Waals surface area contributed by atoms with Crippen LogP contribution in [0.5, 0.6) is 0 Å². The van der Waals surface area contributed by atoms with Crippen LogP contribution in [0.2, 0.25) is 0 Å². The number of ether oxygens (including phenoxy) is 2. The smallest absolute Gasteiger partial charge is 0.369 e. The SMILES string of the molecule is Nc1nc2c(ncn2[C@@H]2OC3COP(O)(=S)OC4[C@@H](F)[C@H](n5cnc6c(=O)[nH]c(N)nc65)O[C@@H]4COP(=O)(S)O[C@H]3[C@H]2F)c(=O)[nH]1. The van der Waals surface area contributed by atoms with Gasteiger partial charge in [-0.1, -0.05) is 12.2 Å². The Labute approximate surface area is 263 Å². The lowest BCUT2D eigenvalue weighted by Crippen LogP contribution is -2.37. The third-order valence-corrected chi connectivity index (χ3v) is 10.5. The van der Waals surface area contributed by atoms with E-state index in [1.165, 1.54) is 0 Å². The maximum Gasteiger partial charge on any atom is 0.386 e. The average molecular weight is 727 g/mol. The molecule has 7 heterocycles. The third-order valence-electron chi connectivity index (χ3n) is 7.30. The van der Waals surface area contributed by atoms with E-state index in [1.807, 2.05) is 0 Å². The minimum Gasteiger partial charge on any atom is -0.369 e. The van der Waals surface area contributed by atoms with Gasteiger partial charge in [0, 0.05) is 0 Å². The first-order chi connectivity index (χ1) is 21.7. The van der Waals surface area contributed by atoms with Crippen LogP contribution < -0.4 is 22.6 Å². The molecule has 0 aliphatic carbocycles. The normalized spacial score (nSPS) is 37.1. The molecule has 0 saturated carbocycles. The quantitative estimate of drug-likeness (QED) is 0.117. The molecule has 20 nitrogen and oxygen atoms in total. The Morgan fingerprint density at radius 3 is 1.85 bits per heavy atom. The van der Waals surface area contributed by atoms with Gasteiger partial charge in [-0.05, 0) is 11.8 Å². The van der Waals surface area contributed by atoms with Gasteiger partial charge in [0.2, 0.25) is 11.9 Å². The van der Waals surface area contributed by atoms with Gasteiger partial charge in [0.25, 0.3) is 11.1 Å². The second-order valence-corrected chi connectivity index (χ2v) is 15.9. The number of thiol groups is 1. The number of nitrogens with zero attached hydrogens (tertiary/aromatic N) is 6. The van der Waals surface area contributed by atoms with E-state index in [9.17, 15) is 19.0 Å². The second-order valence-electron chi connectivity index (χ2n) is 10.2. The summed E-state index contributed by atoms with van der Waals surface area (Å²) in [6.07, 6.45) is -11.5. The van der Waals surface area contributed by atoms with E-state index < -0.39 is 87.1 Å². The molecule has 7 rings (SSSR count). The lowest BCUT2D eigenvalue weighted by atomic mass is 10.1. The Morgan fingerprint density at radius 1 is 0.891 bits per heavy atom. The Morgan fingerprint density at radius 2 is 1.35 bits per heavy atom. The summed E-state index contributed by atoms with van der Waals surface area (Å²) in [4.78, 5) is 55.7. The fraction of sp³-hybridized carbons (Fsp3) is 0.500. The number of hydrogen-bond acceptors (Lipinski definition) is 16. The Kier molecular flexibility index (Phi) is 7.84. The molecule has 248 valence electrons. The number of rotatable bonds is 2. The lowest BCUT2D eigenvalue weighted by Gasteiger charge is -2.29. The van der Waals surface area contributed by atoms with Gasteiger partial charge >= 0.3 is 13.5 Å². The Bertz CT molecular complexity index is 1920. The molecule has 0 bridgehead atoms. The van der Waals surface area contributed by atoms with Crippen molar-refractivity contribution >= 4 is 71.8 Å². The number of anilines is 2. The van der Waals surface area contributed by atoms with Crippen LogP contribution in [0.3, 0.4) is 0 Å². The number of imidazole rings is 2. The minimum atomic E-state index is -4.47. The standard InChI is InChI=1S/C20H22F2N10O10P2S2/c21-7-11-5(39-17(7)31-3-25-9-13(31)27-19(23)29-15(9)33)1-37-43(35,45)42-12-6(2-38-44(36,46)41-11)40-18(8(12)22)32-4-26-10-14(32)28-20(24)30-16(10)34/h3-8,11-12,17-18H,1-2H2,(H,35,45)(H,36,46)(H3,23,27,29,33)(H3,24,28,30,34)/t5-,6?,7-,8-,11?,12-,17-,18-,43?,44?/m1/s1. The highest BCUT2D eigenvalue weighted by molar-refractivity contribution is 8.44. The van der Waals surface area contributed by atoms with E-state index in [1.54, 1.807) is 0 Å². The van der Waals surface area contributed by atoms with Crippen LogP contribution in [-0.4, -0.2) is 93.9 Å². The number of nitrogen functional groups attached to an aromatic ring is 2. The molecule has 3 aliphatic rings. The second kappa shape index (κ2) is 11.4. The van der Waals surface area contributed by atoms with Gasteiger partial charge in [0.1, 0.15) is 24.4 Å². The van der Waals surface area contributed by atoms with E-state index in [0.29, 0.717) is 0 Å². The highest BCUT2D eigenvalue weighted by Gasteiger charge is 2.54. The van der Waals surface area contributed by atoms with Gasteiger partial charge in [0.05, 0.1) is 25.9 Å². The summed E-state index contributed by atoms with van der Waals surface area (Å²) in [7, 11) is 0. The highest BCUT2D eigenvalue weighted by Crippen LogP contribution is 2.58. The van der Waals surface area contributed by atoms with Gasteiger partial charge < -0.3 is 30.4 Å². The fourth-order valence-electron chi connectivity index (χ4n) is 5.32. The van der Waals surface area contributed by atoms with E-state index in [-0.39, 0.29) is 34.2 Å². The van der Waals surface area contributed by atoms with Crippen LogP contribution in [0.4, 0.5) is 20.7 Å². The van der Waals surface area contributed by atoms with E-state index in [0.717, 1.165) is 21.8 Å². The van der Waals surface area contributed by atoms with E-state index in [2.05, 4.69) is 42.2 Å². The zero-order chi connectivity index (χ0) is 32.7. The molecule has 0 aromatic carbocycles. The summed E-state index contributed by atoms with van der Waals surface area (Å²) in [5, 5.41) is 0. The van der Waals surface area contributed by atoms with Gasteiger partial charge in [0.15, 0.2) is 47.1 Å². The predicted molar refractivity (Wildman–Crippen MR) is 157 cm³/mol. The molecule has 4 unspecified atom stereocenters. The molecule has 10 atom stereocenters. The maximum atomic E-state index is 16.0. The van der Waals surface area contributed by atoms with Gasteiger partial charge in [-0.2, -0.15) is 9.97 Å². The molecule has 4 aromatic heterocycles. The van der Waals surface area contributed by atoms with Crippen LogP contribution in [-0.2, 0) is 43.9 Å². The molecule has 3 aliphatic heterocycles. The number of H-pyrrole nitrogens is 2. The molecule has 0 amide bonds. The van der Waals surface area contributed by atoms with Gasteiger partial charge in [-0.15, -0.1) is 0 Å². The first-order valence-electron chi connectivity index (χ1n) is 13.1. The number of nitrogens with one attached hydrogen (secondary N) is 2. The molecule has 3 saturated heterocycles. The largest absolute Gasteiger partial charge is 0.386 e. The number of halogens is 2. The van der Waals surface area contributed by atoms with Crippen LogP contribution >= 0.6 is 25.8 Å². The maximum absolute atomic E-state index is 16.0. The molecule has 3 fully saturated rings. The monoisotopic (exact) mass is 726 g/mol. The average Bonchev–Trinajstić information content (AvgIpc) is 3.72. The van der Waals surface area contributed by atoms with Crippen LogP contribution in [0.25, 0.3) is 22.3 Å².